The van der Waals surface area contributed by atoms with E-state index in [1.165, 1.54) is 4.90 Å². The molecule has 1 aliphatic heterocycles. The largest absolute Gasteiger partial charge is 0.375 e. The lowest BCUT2D eigenvalue weighted by Gasteiger charge is -2.23. The zero-order chi connectivity index (χ0) is 22.3. The first-order valence-electron chi connectivity index (χ1n) is 9.89. The van der Waals surface area contributed by atoms with Crippen LogP contribution in [0.1, 0.15) is 39.0 Å². The third kappa shape index (κ3) is 3.87. The highest BCUT2D eigenvalue weighted by atomic mass is 35.5. The van der Waals surface area contributed by atoms with E-state index in [0.29, 0.717) is 26.9 Å². The number of aryl methyl sites for hydroxylation is 2. The van der Waals surface area contributed by atoms with E-state index < -0.39 is 11.5 Å². The van der Waals surface area contributed by atoms with Crippen LogP contribution >= 0.6 is 23.2 Å². The third-order valence-electron chi connectivity index (χ3n) is 5.68. The fourth-order valence-corrected chi connectivity index (χ4v) is 4.47. The summed E-state index contributed by atoms with van der Waals surface area (Å²) in [6.45, 7) is 3.96. The molecule has 1 aliphatic rings. The smallest absolute Gasteiger partial charge is 0.264 e. The molecule has 3 aromatic carbocycles. The van der Waals surface area contributed by atoms with E-state index in [-0.39, 0.29) is 18.7 Å². The van der Waals surface area contributed by atoms with Crippen molar-refractivity contribution in [1.82, 2.24) is 0 Å². The monoisotopic (exact) mass is 453 g/mol. The van der Waals surface area contributed by atoms with Gasteiger partial charge in [0, 0.05) is 21.2 Å². The van der Waals surface area contributed by atoms with Gasteiger partial charge in [-0.15, -0.1) is 0 Å². The maximum atomic E-state index is 13.5. The first-order chi connectivity index (χ1) is 14.7. The predicted octanol–water partition coefficient (Wildman–Crippen LogP) is 5.62. The molecule has 1 atom stereocenters. The summed E-state index contributed by atoms with van der Waals surface area (Å²) in [4.78, 5) is 28.0. The molecule has 4 rings (SSSR count). The molecule has 1 N–H and O–H groups in total. The minimum absolute atomic E-state index is 0.174. The average molecular weight is 454 g/mol. The molecule has 0 spiro atoms. The van der Waals surface area contributed by atoms with E-state index in [2.05, 4.69) is 0 Å². The van der Waals surface area contributed by atoms with Crippen molar-refractivity contribution < 1.29 is 14.7 Å². The number of fused-ring (bicyclic) bond motifs is 1. The van der Waals surface area contributed by atoms with Crippen LogP contribution in [0.15, 0.2) is 60.7 Å². The normalized spacial score (nSPS) is 17.7. The quantitative estimate of drug-likeness (QED) is 0.510. The minimum Gasteiger partial charge on any atom is -0.375 e. The highest BCUT2D eigenvalue weighted by Crippen LogP contribution is 2.45. The summed E-state index contributed by atoms with van der Waals surface area (Å²) in [6.07, 6.45) is -0.373. The number of hydrogen-bond donors (Lipinski definition) is 1. The fraction of sp³-hybridized carbons (Fsp3) is 0.200. The van der Waals surface area contributed by atoms with Gasteiger partial charge in [0.05, 0.1) is 18.7 Å². The van der Waals surface area contributed by atoms with Crippen LogP contribution in [0.2, 0.25) is 10.0 Å². The molecule has 1 amide bonds. The highest BCUT2D eigenvalue weighted by molar-refractivity contribution is 6.31. The SMILES string of the molecule is Cc1ccc(C(=O)C[C@@]2(O)C(=O)N(Cc3ccccc3Cl)c3ccc(Cl)cc32)c(C)c1. The number of carbonyl (C=O) groups is 2. The molecule has 31 heavy (non-hydrogen) atoms. The fourth-order valence-electron chi connectivity index (χ4n) is 4.10. The molecule has 0 saturated carbocycles. The van der Waals surface area contributed by atoms with Crippen LogP contribution in [0, 0.1) is 13.8 Å². The first-order valence-corrected chi connectivity index (χ1v) is 10.6. The van der Waals surface area contributed by atoms with Crippen molar-refractivity contribution in [3.63, 3.8) is 0 Å². The van der Waals surface area contributed by atoms with Gasteiger partial charge < -0.3 is 10.0 Å². The number of amides is 1. The molecule has 6 heteroatoms. The van der Waals surface area contributed by atoms with Crippen LogP contribution in [0.4, 0.5) is 5.69 Å². The number of rotatable bonds is 5. The van der Waals surface area contributed by atoms with Crippen molar-refractivity contribution in [2.24, 2.45) is 0 Å². The second kappa shape index (κ2) is 8.12. The van der Waals surface area contributed by atoms with Gasteiger partial charge >= 0.3 is 0 Å². The van der Waals surface area contributed by atoms with E-state index in [0.717, 1.165) is 16.7 Å². The summed E-state index contributed by atoms with van der Waals surface area (Å²) in [7, 11) is 0. The van der Waals surface area contributed by atoms with Crippen molar-refractivity contribution >= 4 is 40.6 Å². The van der Waals surface area contributed by atoms with Crippen LogP contribution in [-0.2, 0) is 16.9 Å². The van der Waals surface area contributed by atoms with Crippen molar-refractivity contribution in [2.75, 3.05) is 4.90 Å². The number of hydrogen-bond acceptors (Lipinski definition) is 3. The number of aliphatic hydroxyl groups is 1. The molecule has 3 aromatic rings. The molecule has 0 fully saturated rings. The summed E-state index contributed by atoms with van der Waals surface area (Å²) in [5, 5.41) is 12.4. The summed E-state index contributed by atoms with van der Waals surface area (Å²) in [6, 6.07) is 17.6. The van der Waals surface area contributed by atoms with Crippen molar-refractivity contribution in [1.29, 1.82) is 0 Å². The molecule has 0 bridgehead atoms. The first kappa shape index (κ1) is 21.6. The van der Waals surface area contributed by atoms with Gasteiger partial charge in [0.2, 0.25) is 0 Å². The number of nitrogens with zero attached hydrogens (tertiary/aromatic N) is 1. The Bertz CT molecular complexity index is 1210. The molecular formula is C25H21Cl2NO3. The summed E-state index contributed by atoms with van der Waals surface area (Å²) < 4.78 is 0. The van der Waals surface area contributed by atoms with Gasteiger partial charge in [-0.05, 0) is 49.2 Å². The highest BCUT2D eigenvalue weighted by Gasteiger charge is 2.51. The molecule has 0 aromatic heterocycles. The number of halogens is 2. The average Bonchev–Trinajstić information content (AvgIpc) is 2.91. The molecule has 0 unspecified atom stereocenters. The molecule has 0 saturated heterocycles. The molecule has 0 radical (unpaired) electrons. The Balaban J connectivity index is 1.73. The molecule has 158 valence electrons. The molecule has 1 heterocycles. The number of Topliss-reactive ketones (excluding diaryl/α,β-unsaturated/α-hetero) is 1. The Hall–Kier alpha value is -2.66. The van der Waals surface area contributed by atoms with E-state index in [9.17, 15) is 14.7 Å². The van der Waals surface area contributed by atoms with Gasteiger partial charge in [-0.25, -0.2) is 0 Å². The van der Waals surface area contributed by atoms with Crippen LogP contribution in [0.5, 0.6) is 0 Å². The zero-order valence-corrected chi connectivity index (χ0v) is 18.7. The molecular weight excluding hydrogens is 433 g/mol. The van der Waals surface area contributed by atoms with Gasteiger partial charge in [0.25, 0.3) is 5.91 Å². The maximum Gasteiger partial charge on any atom is 0.264 e. The minimum atomic E-state index is -2.00. The summed E-state index contributed by atoms with van der Waals surface area (Å²) >= 11 is 12.5. The number of carbonyl (C=O) groups excluding carboxylic acids is 2. The van der Waals surface area contributed by atoms with Crippen LogP contribution in [-0.4, -0.2) is 16.8 Å². The zero-order valence-electron chi connectivity index (χ0n) is 17.2. The van der Waals surface area contributed by atoms with Gasteiger partial charge in [-0.3, -0.25) is 9.59 Å². The van der Waals surface area contributed by atoms with E-state index >= 15 is 0 Å². The molecule has 4 nitrogen and oxygen atoms in total. The van der Waals surface area contributed by atoms with Crippen LogP contribution < -0.4 is 4.90 Å². The maximum absolute atomic E-state index is 13.5. The van der Waals surface area contributed by atoms with Gasteiger partial charge in [-0.1, -0.05) is 65.2 Å². The van der Waals surface area contributed by atoms with Crippen LogP contribution in [0.25, 0.3) is 0 Å². The van der Waals surface area contributed by atoms with Crippen molar-refractivity contribution in [3.8, 4) is 0 Å². The van der Waals surface area contributed by atoms with E-state index in [1.54, 1.807) is 30.3 Å². The summed E-state index contributed by atoms with van der Waals surface area (Å²) in [5.74, 6) is -0.873. The summed E-state index contributed by atoms with van der Waals surface area (Å²) in [5.41, 5.74) is 1.91. The standard InChI is InChI=1S/C25H21Cl2NO3/c1-15-7-9-19(16(2)11-15)23(29)13-25(31)20-12-18(26)8-10-22(20)28(24(25)30)14-17-5-3-4-6-21(17)27/h3-12,31H,13-14H2,1-2H3/t25-/m0/s1. The second-order valence-corrected chi connectivity index (χ2v) is 8.77. The van der Waals surface area contributed by atoms with Crippen LogP contribution in [0.3, 0.4) is 0 Å². The Morgan fingerprint density at radius 2 is 1.77 bits per heavy atom. The topological polar surface area (TPSA) is 57.6 Å². The van der Waals surface area contributed by atoms with Gasteiger partial charge in [0.1, 0.15) is 0 Å². The Kier molecular flexibility index (Phi) is 5.65. The third-order valence-corrected chi connectivity index (χ3v) is 6.28. The Morgan fingerprint density at radius 1 is 1.03 bits per heavy atom. The number of anilines is 1. The van der Waals surface area contributed by atoms with Crippen molar-refractivity contribution in [2.45, 2.75) is 32.4 Å². The van der Waals surface area contributed by atoms with E-state index in [1.807, 2.05) is 44.2 Å². The van der Waals surface area contributed by atoms with E-state index in [4.69, 9.17) is 23.2 Å². The van der Waals surface area contributed by atoms with Gasteiger partial charge in [0.15, 0.2) is 11.4 Å². The Morgan fingerprint density at radius 3 is 2.48 bits per heavy atom. The number of ketones is 1. The lowest BCUT2D eigenvalue weighted by atomic mass is 9.87. The lowest BCUT2D eigenvalue weighted by molar-refractivity contribution is -0.136. The number of benzene rings is 3. The van der Waals surface area contributed by atoms with Gasteiger partial charge in [-0.2, -0.15) is 0 Å². The molecule has 0 aliphatic carbocycles. The second-order valence-electron chi connectivity index (χ2n) is 7.92. The Labute approximate surface area is 191 Å². The predicted molar refractivity (Wildman–Crippen MR) is 123 cm³/mol. The lowest BCUT2D eigenvalue weighted by Crippen LogP contribution is -2.41. The van der Waals surface area contributed by atoms with Crippen molar-refractivity contribution in [3.05, 3.63) is 98.5 Å².